The molecule has 140 valence electrons. The van der Waals surface area contributed by atoms with E-state index in [0.29, 0.717) is 0 Å². The zero-order valence-corrected chi connectivity index (χ0v) is 16.3. The number of hydrogen-bond donors (Lipinski definition) is 1. The van der Waals surface area contributed by atoms with Crippen molar-refractivity contribution in [1.29, 1.82) is 0 Å². The molecule has 2 heterocycles. The number of nitrogens with one attached hydrogen (secondary N) is 1. The molecular formula is C20H27N3O2S. The molecule has 0 radical (unpaired) electrons. The summed E-state index contributed by atoms with van der Waals surface area (Å²) in [7, 11) is 0. The van der Waals surface area contributed by atoms with Crippen LogP contribution in [0.3, 0.4) is 0 Å². The van der Waals surface area contributed by atoms with Crippen molar-refractivity contribution in [3.63, 3.8) is 0 Å². The minimum Gasteiger partial charge on any atom is -0.352 e. The highest BCUT2D eigenvalue weighted by atomic mass is 32.1. The average molecular weight is 374 g/mol. The highest BCUT2D eigenvalue weighted by Gasteiger charge is 2.21. The van der Waals surface area contributed by atoms with Gasteiger partial charge in [-0.2, -0.15) is 0 Å². The van der Waals surface area contributed by atoms with Gasteiger partial charge in [-0.15, -0.1) is 0 Å². The topological polar surface area (TPSA) is 54.3 Å². The Balaban J connectivity index is 1.42. The zero-order chi connectivity index (χ0) is 18.5. The summed E-state index contributed by atoms with van der Waals surface area (Å²) in [5, 5.41) is 3.10. The minimum absolute atomic E-state index is 0.0501. The third-order valence-corrected chi connectivity index (χ3v) is 6.19. The summed E-state index contributed by atoms with van der Waals surface area (Å²) < 4.78 is 1.57. The second kappa shape index (κ2) is 8.64. The molecular weight excluding hydrogens is 346 g/mol. The number of likely N-dealkylation sites (tertiary alicyclic amines) is 1. The third-order valence-electron chi connectivity index (χ3n) is 5.19. The monoisotopic (exact) mass is 373 g/mol. The molecule has 0 unspecified atom stereocenters. The van der Waals surface area contributed by atoms with Gasteiger partial charge in [-0.3, -0.25) is 14.2 Å². The number of amides is 1. The van der Waals surface area contributed by atoms with Crippen molar-refractivity contribution in [2.45, 2.75) is 45.7 Å². The maximum Gasteiger partial charge on any atom is 0.308 e. The molecule has 0 aliphatic carbocycles. The van der Waals surface area contributed by atoms with Crippen LogP contribution in [0.4, 0.5) is 0 Å². The Morgan fingerprint density at radius 2 is 1.88 bits per heavy atom. The summed E-state index contributed by atoms with van der Waals surface area (Å²) in [5.74, 6) is -0.0595. The highest BCUT2D eigenvalue weighted by Crippen LogP contribution is 2.12. The number of aromatic nitrogens is 1. The Kier molecular flexibility index (Phi) is 6.27. The van der Waals surface area contributed by atoms with Crippen LogP contribution in [0.1, 0.15) is 29.0 Å². The van der Waals surface area contributed by atoms with Gasteiger partial charge in [0.15, 0.2) is 0 Å². The van der Waals surface area contributed by atoms with Crippen LogP contribution >= 0.6 is 11.3 Å². The van der Waals surface area contributed by atoms with Crippen LogP contribution in [0.15, 0.2) is 35.1 Å². The average Bonchev–Trinajstić information content (AvgIpc) is 2.88. The van der Waals surface area contributed by atoms with Crippen molar-refractivity contribution >= 4 is 17.2 Å². The van der Waals surface area contributed by atoms with Crippen molar-refractivity contribution < 1.29 is 4.79 Å². The first-order chi connectivity index (χ1) is 12.5. The van der Waals surface area contributed by atoms with Crippen LogP contribution < -0.4 is 10.2 Å². The number of carbonyl (C=O) groups excluding carboxylic acids is 1. The van der Waals surface area contributed by atoms with Gasteiger partial charge in [-0.05, 0) is 38.7 Å². The van der Waals surface area contributed by atoms with E-state index in [1.54, 1.807) is 4.57 Å². The van der Waals surface area contributed by atoms with Gasteiger partial charge >= 0.3 is 4.87 Å². The summed E-state index contributed by atoms with van der Waals surface area (Å²) in [6.07, 6.45) is 3.01. The number of carbonyl (C=O) groups is 1. The Morgan fingerprint density at radius 1 is 1.19 bits per heavy atom. The van der Waals surface area contributed by atoms with E-state index in [9.17, 15) is 9.59 Å². The molecule has 6 heteroatoms. The lowest BCUT2D eigenvalue weighted by Gasteiger charge is -2.32. The van der Waals surface area contributed by atoms with E-state index >= 15 is 0 Å². The van der Waals surface area contributed by atoms with Crippen molar-refractivity contribution in [3.05, 3.63) is 56.1 Å². The molecule has 1 aromatic carbocycles. The molecule has 1 amide bonds. The molecule has 1 aromatic heterocycles. The van der Waals surface area contributed by atoms with Gasteiger partial charge in [-0.25, -0.2) is 0 Å². The van der Waals surface area contributed by atoms with Crippen molar-refractivity contribution in [1.82, 2.24) is 14.8 Å². The number of piperidine rings is 1. The van der Waals surface area contributed by atoms with E-state index in [1.807, 2.05) is 19.9 Å². The Morgan fingerprint density at radius 3 is 2.50 bits per heavy atom. The number of thiazole rings is 1. The van der Waals surface area contributed by atoms with Gasteiger partial charge in [-0.1, -0.05) is 41.7 Å². The van der Waals surface area contributed by atoms with Gasteiger partial charge in [0.05, 0.1) is 0 Å². The second-order valence-electron chi connectivity index (χ2n) is 7.01. The van der Waals surface area contributed by atoms with Crippen molar-refractivity contribution in [3.8, 4) is 0 Å². The standard InChI is InChI=1S/C20H27N3O2S/c1-15-16(2)26-20(25)23(15)14-19(24)21-18-9-12-22(13-10-18)11-8-17-6-4-3-5-7-17/h3-7,18H,8-14H2,1-2H3,(H,21,24). The lowest BCUT2D eigenvalue weighted by molar-refractivity contribution is -0.122. The Labute approximate surface area is 158 Å². The summed E-state index contributed by atoms with van der Waals surface area (Å²) >= 11 is 1.21. The molecule has 3 rings (SSSR count). The molecule has 1 N–H and O–H groups in total. The second-order valence-corrected chi connectivity index (χ2v) is 8.18. The molecule has 5 nitrogen and oxygen atoms in total. The first kappa shape index (κ1) is 18.9. The fourth-order valence-corrected chi connectivity index (χ4v) is 4.25. The van der Waals surface area contributed by atoms with Crippen LogP contribution in [0.5, 0.6) is 0 Å². The number of hydrogen-bond acceptors (Lipinski definition) is 4. The summed E-state index contributed by atoms with van der Waals surface area (Å²) in [4.78, 5) is 27.6. The summed E-state index contributed by atoms with van der Waals surface area (Å²) in [6, 6.07) is 10.8. The summed E-state index contributed by atoms with van der Waals surface area (Å²) in [5.41, 5.74) is 2.26. The fourth-order valence-electron chi connectivity index (χ4n) is 3.42. The normalized spacial score (nSPS) is 15.9. The quantitative estimate of drug-likeness (QED) is 0.846. The maximum atomic E-state index is 12.3. The van der Waals surface area contributed by atoms with E-state index in [0.717, 1.165) is 49.5 Å². The molecule has 1 saturated heterocycles. The molecule has 1 fully saturated rings. The van der Waals surface area contributed by atoms with Crippen LogP contribution in [0.25, 0.3) is 0 Å². The highest BCUT2D eigenvalue weighted by molar-refractivity contribution is 7.09. The van der Waals surface area contributed by atoms with E-state index in [-0.39, 0.29) is 23.4 Å². The first-order valence-electron chi connectivity index (χ1n) is 9.25. The van der Waals surface area contributed by atoms with Gasteiger partial charge in [0.25, 0.3) is 0 Å². The molecule has 1 aliphatic heterocycles. The minimum atomic E-state index is -0.0595. The number of benzene rings is 1. The largest absolute Gasteiger partial charge is 0.352 e. The van der Waals surface area contributed by atoms with Gasteiger partial charge in [0.2, 0.25) is 5.91 Å². The number of rotatable bonds is 6. The SMILES string of the molecule is Cc1sc(=O)n(CC(=O)NC2CCN(CCc3ccccc3)CC2)c1C. The molecule has 26 heavy (non-hydrogen) atoms. The van der Waals surface area contributed by atoms with E-state index in [2.05, 4.69) is 34.5 Å². The smallest absolute Gasteiger partial charge is 0.308 e. The summed E-state index contributed by atoms with van der Waals surface area (Å²) in [6.45, 7) is 7.02. The first-order valence-corrected chi connectivity index (χ1v) is 10.1. The molecule has 0 bridgehead atoms. The third kappa shape index (κ3) is 4.83. The van der Waals surface area contributed by atoms with Crippen LogP contribution in [0.2, 0.25) is 0 Å². The molecule has 1 aliphatic rings. The molecule has 2 aromatic rings. The van der Waals surface area contributed by atoms with Crippen LogP contribution in [-0.2, 0) is 17.8 Å². The van der Waals surface area contributed by atoms with Crippen molar-refractivity contribution in [2.24, 2.45) is 0 Å². The van der Waals surface area contributed by atoms with Gasteiger partial charge < -0.3 is 10.2 Å². The fraction of sp³-hybridized carbons (Fsp3) is 0.500. The lowest BCUT2D eigenvalue weighted by atomic mass is 10.0. The number of aryl methyl sites for hydroxylation is 1. The lowest BCUT2D eigenvalue weighted by Crippen LogP contribution is -2.46. The zero-order valence-electron chi connectivity index (χ0n) is 15.5. The van der Waals surface area contributed by atoms with E-state index < -0.39 is 0 Å². The maximum absolute atomic E-state index is 12.3. The van der Waals surface area contributed by atoms with Gasteiger partial charge in [0, 0.05) is 36.2 Å². The Bertz CT molecular complexity index is 789. The predicted molar refractivity (Wildman–Crippen MR) is 106 cm³/mol. The van der Waals surface area contributed by atoms with Crippen LogP contribution in [0, 0.1) is 13.8 Å². The Hall–Kier alpha value is -1.92. The predicted octanol–water partition coefficient (Wildman–Crippen LogP) is 2.35. The molecule has 0 atom stereocenters. The van der Waals surface area contributed by atoms with E-state index in [1.165, 1.54) is 16.9 Å². The van der Waals surface area contributed by atoms with Gasteiger partial charge in [0.1, 0.15) is 6.54 Å². The van der Waals surface area contributed by atoms with Crippen molar-refractivity contribution in [2.75, 3.05) is 19.6 Å². The van der Waals surface area contributed by atoms with E-state index in [4.69, 9.17) is 0 Å². The number of nitrogens with zero attached hydrogens (tertiary/aromatic N) is 2. The van der Waals surface area contributed by atoms with Crippen LogP contribution in [-0.4, -0.2) is 41.1 Å². The molecule has 0 spiro atoms. The molecule has 0 saturated carbocycles.